The van der Waals surface area contributed by atoms with Gasteiger partial charge in [-0.3, -0.25) is 19.4 Å². The van der Waals surface area contributed by atoms with Crippen molar-refractivity contribution in [3.05, 3.63) is 65.7 Å². The van der Waals surface area contributed by atoms with E-state index in [1.54, 1.807) is 30.6 Å². The van der Waals surface area contributed by atoms with Gasteiger partial charge in [0.1, 0.15) is 11.9 Å². The lowest BCUT2D eigenvalue weighted by atomic mass is 9.94. The van der Waals surface area contributed by atoms with Crippen molar-refractivity contribution in [2.75, 3.05) is 0 Å². The highest BCUT2D eigenvalue weighted by atomic mass is 19.1. The summed E-state index contributed by atoms with van der Waals surface area (Å²) in [5.74, 6) is -2.69. The van der Waals surface area contributed by atoms with Crippen LogP contribution < -0.4 is 10.6 Å². The predicted molar refractivity (Wildman–Crippen MR) is 134 cm³/mol. The largest absolute Gasteiger partial charge is 0.351 e. The van der Waals surface area contributed by atoms with Crippen LogP contribution in [0.2, 0.25) is 0 Å². The van der Waals surface area contributed by atoms with Crippen LogP contribution in [-0.2, 0) is 20.9 Å². The molecule has 0 radical (unpaired) electrons. The number of hydrogen-bond donors (Lipinski definition) is 2. The lowest BCUT2D eigenvalue weighted by molar-refractivity contribution is -0.151. The van der Waals surface area contributed by atoms with E-state index in [9.17, 15) is 14.4 Å². The number of hydrogen-bond acceptors (Lipinski definition) is 4. The summed E-state index contributed by atoms with van der Waals surface area (Å²) in [6, 6.07) is 8.04. The number of halogens is 1. The van der Waals surface area contributed by atoms with E-state index in [1.807, 2.05) is 0 Å². The van der Waals surface area contributed by atoms with E-state index in [1.165, 1.54) is 23.1 Å². The first-order valence-corrected chi connectivity index (χ1v) is 13.1. The molecule has 1 atom stereocenters. The summed E-state index contributed by atoms with van der Waals surface area (Å²) in [6.07, 6.45) is 12.8. The average molecular weight is 495 g/mol. The van der Waals surface area contributed by atoms with Gasteiger partial charge in [-0.15, -0.1) is 0 Å². The normalized spacial score (nSPS) is 17.7. The fourth-order valence-corrected chi connectivity index (χ4v) is 5.27. The van der Waals surface area contributed by atoms with Crippen molar-refractivity contribution in [2.24, 2.45) is 0 Å². The molecule has 2 aromatic rings. The highest BCUT2D eigenvalue weighted by molar-refractivity contribution is 6.35. The van der Waals surface area contributed by atoms with Gasteiger partial charge in [0.25, 0.3) is 0 Å². The van der Waals surface area contributed by atoms with Crippen molar-refractivity contribution in [3.8, 4) is 0 Å². The van der Waals surface area contributed by atoms with E-state index in [0.29, 0.717) is 5.56 Å². The molecule has 192 valence electrons. The molecule has 2 aliphatic rings. The van der Waals surface area contributed by atoms with Gasteiger partial charge in [-0.2, -0.15) is 0 Å². The zero-order valence-corrected chi connectivity index (χ0v) is 20.6. The molecular weight excluding hydrogens is 459 g/mol. The SMILES string of the molecule is O=C(NC1CCCCC1)C(=O)N(Cc1cccnc1)[C@H](C(=O)NC1CCCCC1)c1ccccc1F. The lowest BCUT2D eigenvalue weighted by Gasteiger charge is -2.33. The second kappa shape index (κ2) is 12.6. The van der Waals surface area contributed by atoms with Crippen molar-refractivity contribution in [2.45, 2.75) is 88.9 Å². The van der Waals surface area contributed by atoms with Crippen LogP contribution >= 0.6 is 0 Å². The molecule has 1 heterocycles. The van der Waals surface area contributed by atoms with Crippen molar-refractivity contribution < 1.29 is 18.8 Å². The third-order valence-electron chi connectivity index (χ3n) is 7.18. The highest BCUT2D eigenvalue weighted by Crippen LogP contribution is 2.28. The van der Waals surface area contributed by atoms with Gasteiger partial charge >= 0.3 is 11.8 Å². The van der Waals surface area contributed by atoms with Gasteiger partial charge in [-0.05, 0) is 43.4 Å². The van der Waals surface area contributed by atoms with Crippen molar-refractivity contribution in [3.63, 3.8) is 0 Å². The number of nitrogens with one attached hydrogen (secondary N) is 2. The summed E-state index contributed by atoms with van der Waals surface area (Å²) >= 11 is 0. The van der Waals surface area contributed by atoms with Gasteiger partial charge in [0.2, 0.25) is 5.91 Å². The molecule has 0 bridgehead atoms. The molecular formula is C28H35FN4O3. The monoisotopic (exact) mass is 494 g/mol. The Hall–Kier alpha value is -3.29. The van der Waals surface area contributed by atoms with Crippen LogP contribution in [0.25, 0.3) is 0 Å². The minimum absolute atomic E-state index is 0.0352. The zero-order valence-electron chi connectivity index (χ0n) is 20.6. The van der Waals surface area contributed by atoms with Gasteiger partial charge in [-0.25, -0.2) is 4.39 Å². The number of benzene rings is 1. The van der Waals surface area contributed by atoms with Crippen molar-refractivity contribution >= 4 is 17.7 Å². The van der Waals surface area contributed by atoms with Crippen LogP contribution in [0.3, 0.4) is 0 Å². The minimum Gasteiger partial charge on any atom is -0.351 e. The standard InChI is InChI=1S/C28H35FN4O3/c29-24-16-8-7-15-23(24)25(26(34)31-21-11-3-1-4-12-21)33(19-20-10-9-17-30-18-20)28(36)27(35)32-22-13-5-2-6-14-22/h7-10,15-18,21-22,25H,1-6,11-14,19H2,(H,31,34)(H,32,35)/t25-/m0/s1. The summed E-state index contributed by atoms with van der Waals surface area (Å²) in [4.78, 5) is 45.8. The Morgan fingerprint density at radius 2 is 1.53 bits per heavy atom. The smallest absolute Gasteiger partial charge is 0.313 e. The Morgan fingerprint density at radius 1 is 0.889 bits per heavy atom. The van der Waals surface area contributed by atoms with Crippen LogP contribution in [0.4, 0.5) is 4.39 Å². The lowest BCUT2D eigenvalue weighted by Crippen LogP contribution is -2.52. The number of amides is 3. The molecule has 0 saturated heterocycles. The Morgan fingerprint density at radius 3 is 2.14 bits per heavy atom. The molecule has 2 fully saturated rings. The number of nitrogens with zero attached hydrogens (tertiary/aromatic N) is 2. The fourth-order valence-electron chi connectivity index (χ4n) is 5.27. The van der Waals surface area contributed by atoms with Gasteiger partial charge < -0.3 is 15.5 Å². The van der Waals surface area contributed by atoms with Crippen molar-refractivity contribution in [1.82, 2.24) is 20.5 Å². The maximum Gasteiger partial charge on any atom is 0.313 e. The molecule has 4 rings (SSSR count). The number of carbonyl (C=O) groups is 3. The zero-order chi connectivity index (χ0) is 25.3. The van der Waals surface area contributed by atoms with Crippen molar-refractivity contribution in [1.29, 1.82) is 0 Å². The molecule has 0 aliphatic heterocycles. The van der Waals surface area contributed by atoms with Crippen LogP contribution in [0.5, 0.6) is 0 Å². The minimum atomic E-state index is -1.29. The molecule has 1 aromatic carbocycles. The molecule has 1 aromatic heterocycles. The van der Waals surface area contributed by atoms with E-state index < -0.39 is 29.6 Å². The Balaban J connectivity index is 1.66. The summed E-state index contributed by atoms with van der Waals surface area (Å²) in [7, 11) is 0. The second-order valence-corrected chi connectivity index (χ2v) is 9.87. The van der Waals surface area contributed by atoms with Crippen LogP contribution in [0, 0.1) is 5.82 Å². The van der Waals surface area contributed by atoms with E-state index in [0.717, 1.165) is 64.2 Å². The molecule has 8 heteroatoms. The van der Waals surface area contributed by atoms with Gasteiger partial charge in [0.15, 0.2) is 0 Å². The van der Waals surface area contributed by atoms with Gasteiger partial charge in [0, 0.05) is 36.6 Å². The van der Waals surface area contributed by atoms with E-state index in [2.05, 4.69) is 15.6 Å². The van der Waals surface area contributed by atoms with Crippen LogP contribution in [-0.4, -0.2) is 39.7 Å². The fraction of sp³-hybridized carbons (Fsp3) is 0.500. The molecule has 3 amide bonds. The molecule has 2 saturated carbocycles. The summed E-state index contributed by atoms with van der Waals surface area (Å²) in [5, 5.41) is 5.89. The third kappa shape index (κ3) is 6.68. The number of aromatic nitrogens is 1. The van der Waals surface area contributed by atoms with E-state index in [-0.39, 0.29) is 24.2 Å². The average Bonchev–Trinajstić information content (AvgIpc) is 2.90. The summed E-state index contributed by atoms with van der Waals surface area (Å²) < 4.78 is 15.1. The number of pyridine rings is 1. The first-order chi connectivity index (χ1) is 17.5. The Labute approximate surface area is 211 Å². The van der Waals surface area contributed by atoms with E-state index in [4.69, 9.17) is 0 Å². The Bertz CT molecular complexity index is 1040. The second-order valence-electron chi connectivity index (χ2n) is 9.87. The highest BCUT2D eigenvalue weighted by Gasteiger charge is 2.37. The number of rotatable bonds is 7. The Kier molecular flexibility index (Phi) is 9.03. The molecule has 2 aliphatic carbocycles. The van der Waals surface area contributed by atoms with Crippen LogP contribution in [0.15, 0.2) is 48.8 Å². The first-order valence-electron chi connectivity index (χ1n) is 13.1. The summed E-state index contributed by atoms with van der Waals surface area (Å²) in [5.41, 5.74) is 0.705. The van der Waals surface area contributed by atoms with E-state index >= 15 is 4.39 Å². The third-order valence-corrected chi connectivity index (χ3v) is 7.18. The maximum atomic E-state index is 15.1. The molecule has 7 nitrogen and oxygen atoms in total. The molecule has 36 heavy (non-hydrogen) atoms. The quantitative estimate of drug-likeness (QED) is 0.565. The van der Waals surface area contributed by atoms with Crippen LogP contribution in [0.1, 0.15) is 81.4 Å². The first kappa shape index (κ1) is 25.8. The van der Waals surface area contributed by atoms with Gasteiger partial charge in [-0.1, -0.05) is 62.8 Å². The maximum absolute atomic E-state index is 15.1. The topological polar surface area (TPSA) is 91.4 Å². The predicted octanol–water partition coefficient (Wildman–Crippen LogP) is 4.19. The van der Waals surface area contributed by atoms with Gasteiger partial charge in [0.05, 0.1) is 0 Å². The molecule has 0 spiro atoms. The molecule has 2 N–H and O–H groups in total. The molecule has 0 unspecified atom stereocenters. The number of carbonyl (C=O) groups excluding carboxylic acids is 3. The summed E-state index contributed by atoms with van der Waals surface area (Å²) in [6.45, 7) is -0.0537.